The number of benzene rings is 2. The topological polar surface area (TPSA) is 78.7 Å². The van der Waals surface area contributed by atoms with Crippen molar-refractivity contribution >= 4 is 28.1 Å². The third-order valence-corrected chi connectivity index (χ3v) is 8.59. The third kappa shape index (κ3) is 8.41. The van der Waals surface area contributed by atoms with E-state index in [1.165, 1.54) is 10.9 Å². The van der Waals surface area contributed by atoms with Crippen LogP contribution in [0, 0.1) is 5.95 Å². The van der Waals surface area contributed by atoms with Gasteiger partial charge in [-0.15, -0.1) is 5.10 Å². The standard InChI is InChI=1S/C37H40F4N4O4/c1-36(2,3)49-35(46)44-18-16-27(17-19-44)48-31-15-13-26(23-42-31)33(29(22-37(39,40)41)24-9-5-4-6-10-24)25-12-14-30-28(21-25)34(38)43-45(30)32-11-7-8-20-47-32/h4-6,9-10,12-15,21,23,27,32H,7-8,11,16-20,22H2,1-3H3. The van der Waals surface area contributed by atoms with Crippen LogP contribution in [0.5, 0.6) is 5.88 Å². The van der Waals surface area contributed by atoms with Crippen molar-refractivity contribution in [1.29, 1.82) is 0 Å². The molecule has 0 aliphatic carbocycles. The SMILES string of the molecule is CC(C)(C)OC(=O)N1CCC(Oc2ccc(C(=C(CC(F)(F)F)c3ccccc3)c3ccc4c(c3)c(F)nn4C3CCCCO3)cn2)CC1. The highest BCUT2D eigenvalue weighted by Crippen LogP contribution is 2.41. The van der Waals surface area contributed by atoms with Crippen LogP contribution in [-0.4, -0.2) is 63.3 Å². The molecule has 2 aliphatic heterocycles. The van der Waals surface area contributed by atoms with Crippen molar-refractivity contribution < 1.29 is 36.6 Å². The summed E-state index contributed by atoms with van der Waals surface area (Å²) in [4.78, 5) is 18.6. The molecule has 0 radical (unpaired) electrons. The van der Waals surface area contributed by atoms with E-state index in [-0.39, 0.29) is 28.7 Å². The highest BCUT2D eigenvalue weighted by Gasteiger charge is 2.32. The summed E-state index contributed by atoms with van der Waals surface area (Å²) in [5.74, 6) is -0.409. The van der Waals surface area contributed by atoms with Gasteiger partial charge in [0.1, 0.15) is 11.7 Å². The Labute approximate surface area is 282 Å². The van der Waals surface area contributed by atoms with Gasteiger partial charge >= 0.3 is 12.3 Å². The molecular weight excluding hydrogens is 640 g/mol. The number of carbonyl (C=O) groups is 1. The van der Waals surface area contributed by atoms with Gasteiger partial charge in [0, 0.05) is 50.4 Å². The second-order valence-electron chi connectivity index (χ2n) is 13.5. The number of pyridine rings is 1. The summed E-state index contributed by atoms with van der Waals surface area (Å²) in [6.45, 7) is 6.94. The molecule has 4 aromatic rings. The van der Waals surface area contributed by atoms with E-state index < -0.39 is 30.4 Å². The van der Waals surface area contributed by atoms with E-state index >= 15 is 4.39 Å². The zero-order valence-corrected chi connectivity index (χ0v) is 27.8. The summed E-state index contributed by atoms with van der Waals surface area (Å²) in [5.41, 5.74) is 1.41. The minimum atomic E-state index is -4.53. The summed E-state index contributed by atoms with van der Waals surface area (Å²) in [6.07, 6.45) is -1.55. The first-order valence-electron chi connectivity index (χ1n) is 16.6. The zero-order valence-electron chi connectivity index (χ0n) is 27.8. The Morgan fingerprint density at radius 3 is 2.31 bits per heavy atom. The van der Waals surface area contributed by atoms with E-state index in [9.17, 15) is 18.0 Å². The van der Waals surface area contributed by atoms with E-state index in [1.807, 2.05) is 20.8 Å². The predicted molar refractivity (Wildman–Crippen MR) is 177 cm³/mol. The smallest absolute Gasteiger partial charge is 0.410 e. The maximum absolute atomic E-state index is 15.4. The Kier molecular flexibility index (Phi) is 9.96. The molecule has 2 aliphatic rings. The number of ether oxygens (including phenoxy) is 3. The zero-order chi connectivity index (χ0) is 34.8. The van der Waals surface area contributed by atoms with Crippen LogP contribution in [0.2, 0.25) is 0 Å². The number of likely N-dealkylation sites (tertiary alicyclic amines) is 1. The molecule has 0 bridgehead atoms. The van der Waals surface area contributed by atoms with Crippen LogP contribution >= 0.6 is 0 Å². The second-order valence-corrected chi connectivity index (χ2v) is 13.5. The number of hydrogen-bond acceptors (Lipinski definition) is 6. The molecule has 2 saturated heterocycles. The van der Waals surface area contributed by atoms with E-state index in [4.69, 9.17) is 14.2 Å². The maximum atomic E-state index is 15.4. The van der Waals surface area contributed by atoms with Crippen LogP contribution in [0.4, 0.5) is 22.4 Å². The number of nitrogens with zero attached hydrogens (tertiary/aromatic N) is 4. The number of halogens is 4. The molecule has 0 spiro atoms. The summed E-state index contributed by atoms with van der Waals surface area (Å²) >= 11 is 0. The average molecular weight is 681 g/mol. The summed E-state index contributed by atoms with van der Waals surface area (Å²) in [6, 6.07) is 16.6. The average Bonchev–Trinajstić information content (AvgIpc) is 3.40. The molecular formula is C37H40F4N4O4. The molecule has 2 aromatic heterocycles. The number of fused-ring (bicyclic) bond motifs is 1. The third-order valence-electron chi connectivity index (χ3n) is 8.59. The lowest BCUT2D eigenvalue weighted by atomic mass is 9.88. The minimum absolute atomic E-state index is 0.0286. The monoisotopic (exact) mass is 680 g/mol. The van der Waals surface area contributed by atoms with Gasteiger partial charge in [0.15, 0.2) is 6.23 Å². The number of alkyl halides is 3. The molecule has 1 atom stereocenters. The van der Waals surface area contributed by atoms with Crippen molar-refractivity contribution in [2.75, 3.05) is 19.7 Å². The van der Waals surface area contributed by atoms with Gasteiger partial charge in [-0.1, -0.05) is 36.4 Å². The second kappa shape index (κ2) is 14.2. The van der Waals surface area contributed by atoms with Crippen molar-refractivity contribution in [2.24, 2.45) is 0 Å². The van der Waals surface area contributed by atoms with E-state index in [2.05, 4.69) is 10.1 Å². The fourth-order valence-electron chi connectivity index (χ4n) is 6.34. The number of amides is 1. The van der Waals surface area contributed by atoms with Crippen molar-refractivity contribution in [2.45, 2.75) is 83.4 Å². The number of piperidine rings is 1. The van der Waals surface area contributed by atoms with Gasteiger partial charge in [0.05, 0.1) is 17.3 Å². The molecule has 260 valence electrons. The van der Waals surface area contributed by atoms with Gasteiger partial charge < -0.3 is 19.1 Å². The molecule has 8 nitrogen and oxygen atoms in total. The Bertz CT molecular complexity index is 1790. The van der Waals surface area contributed by atoms with Crippen LogP contribution in [0.1, 0.15) is 82.2 Å². The van der Waals surface area contributed by atoms with Crippen LogP contribution in [0.15, 0.2) is 66.9 Å². The summed E-state index contributed by atoms with van der Waals surface area (Å²) in [5, 5.41) is 4.31. The first-order chi connectivity index (χ1) is 23.3. The number of aromatic nitrogens is 3. The molecule has 1 amide bonds. The molecule has 2 fully saturated rings. The number of carbonyl (C=O) groups excluding carboxylic acids is 1. The highest BCUT2D eigenvalue weighted by molar-refractivity contribution is 6.00. The molecule has 49 heavy (non-hydrogen) atoms. The van der Waals surface area contributed by atoms with Crippen LogP contribution in [0.25, 0.3) is 22.0 Å². The molecule has 6 rings (SSSR count). The van der Waals surface area contributed by atoms with Crippen LogP contribution in [0.3, 0.4) is 0 Å². The van der Waals surface area contributed by atoms with E-state index in [0.29, 0.717) is 67.0 Å². The fraction of sp³-hybridized carbons (Fsp3) is 0.432. The van der Waals surface area contributed by atoms with Gasteiger partial charge in [-0.2, -0.15) is 17.6 Å². The van der Waals surface area contributed by atoms with Crippen molar-refractivity contribution in [3.8, 4) is 5.88 Å². The Hall–Kier alpha value is -4.45. The van der Waals surface area contributed by atoms with Crippen LogP contribution in [-0.2, 0) is 9.47 Å². The maximum Gasteiger partial charge on any atom is 0.410 e. The summed E-state index contributed by atoms with van der Waals surface area (Å²) < 4.78 is 76.9. The Balaban J connectivity index is 1.33. The largest absolute Gasteiger partial charge is 0.474 e. The lowest BCUT2D eigenvalue weighted by molar-refractivity contribution is -0.122. The highest BCUT2D eigenvalue weighted by atomic mass is 19.4. The number of rotatable bonds is 7. The van der Waals surface area contributed by atoms with E-state index in [0.717, 1.165) is 12.8 Å². The van der Waals surface area contributed by atoms with E-state index in [1.54, 1.807) is 65.6 Å². The Morgan fingerprint density at radius 1 is 0.939 bits per heavy atom. The first kappa shape index (κ1) is 34.4. The van der Waals surface area contributed by atoms with Crippen molar-refractivity contribution in [1.82, 2.24) is 19.7 Å². The molecule has 0 saturated carbocycles. The van der Waals surface area contributed by atoms with Gasteiger partial charge in [0.25, 0.3) is 0 Å². The number of hydrogen-bond donors (Lipinski definition) is 0. The normalized spacial score (nSPS) is 18.3. The lowest BCUT2D eigenvalue weighted by Crippen LogP contribution is -2.44. The minimum Gasteiger partial charge on any atom is -0.474 e. The molecule has 2 aromatic carbocycles. The first-order valence-corrected chi connectivity index (χ1v) is 16.6. The van der Waals surface area contributed by atoms with Crippen LogP contribution < -0.4 is 4.74 Å². The molecule has 0 N–H and O–H groups in total. The van der Waals surface area contributed by atoms with Gasteiger partial charge in [-0.3, -0.25) is 0 Å². The molecule has 1 unspecified atom stereocenters. The number of allylic oxidation sites excluding steroid dienone is 1. The lowest BCUT2D eigenvalue weighted by Gasteiger charge is -2.33. The summed E-state index contributed by atoms with van der Waals surface area (Å²) in [7, 11) is 0. The molecule has 4 heterocycles. The predicted octanol–water partition coefficient (Wildman–Crippen LogP) is 8.96. The Morgan fingerprint density at radius 2 is 1.67 bits per heavy atom. The quantitative estimate of drug-likeness (QED) is 0.143. The van der Waals surface area contributed by atoms with Gasteiger partial charge in [-0.25, -0.2) is 14.5 Å². The van der Waals surface area contributed by atoms with Crippen molar-refractivity contribution in [3.63, 3.8) is 0 Å². The van der Waals surface area contributed by atoms with Crippen molar-refractivity contribution in [3.05, 3.63) is 89.5 Å². The fourth-order valence-corrected chi connectivity index (χ4v) is 6.34. The molecule has 12 heteroatoms. The van der Waals surface area contributed by atoms with Gasteiger partial charge in [-0.05, 0) is 80.5 Å². The van der Waals surface area contributed by atoms with Gasteiger partial charge in [0.2, 0.25) is 11.8 Å².